The van der Waals surface area contributed by atoms with E-state index in [2.05, 4.69) is 5.10 Å². The number of non-ortho nitro benzene ring substituents is 1. The number of nitro benzene ring substituents is 1. The van der Waals surface area contributed by atoms with Crippen LogP contribution in [0.25, 0.3) is 16.6 Å². The number of carbonyl (C=O) groups excluding carboxylic acids is 1. The highest BCUT2D eigenvalue weighted by atomic mass is 16.6. The first-order chi connectivity index (χ1) is 15.3. The second kappa shape index (κ2) is 8.37. The van der Waals surface area contributed by atoms with Crippen molar-refractivity contribution < 1.29 is 9.72 Å². The van der Waals surface area contributed by atoms with E-state index >= 15 is 0 Å². The second-order valence-corrected chi connectivity index (χ2v) is 8.05. The average molecular weight is 431 g/mol. The Labute approximate surface area is 185 Å². The van der Waals surface area contributed by atoms with E-state index in [1.807, 2.05) is 49.6 Å². The number of hydrogen-bond acceptors (Lipinski definition) is 5. The molecule has 0 spiro atoms. The highest BCUT2D eigenvalue weighted by molar-refractivity contribution is 5.92. The monoisotopic (exact) mass is 431 g/mol. The number of benzene rings is 2. The Morgan fingerprint density at radius 3 is 2.69 bits per heavy atom. The topological polar surface area (TPSA) is 93.6 Å². The number of aromatic nitrogens is 3. The summed E-state index contributed by atoms with van der Waals surface area (Å²) in [5.74, 6) is -0.0338. The van der Waals surface area contributed by atoms with Gasteiger partial charge >= 0.3 is 0 Å². The van der Waals surface area contributed by atoms with Crippen molar-refractivity contribution in [2.75, 3.05) is 7.05 Å². The third-order valence-corrected chi connectivity index (χ3v) is 6.14. The number of hydrogen-bond donors (Lipinski definition) is 0. The van der Waals surface area contributed by atoms with Crippen LogP contribution in [0, 0.1) is 24.0 Å². The molecular weight excluding hydrogens is 406 g/mol. The van der Waals surface area contributed by atoms with Crippen molar-refractivity contribution in [3.63, 3.8) is 0 Å². The normalized spacial score (nSPS) is 12.2. The summed E-state index contributed by atoms with van der Waals surface area (Å²) in [5.41, 5.74) is 5.34. The summed E-state index contributed by atoms with van der Waals surface area (Å²) in [4.78, 5) is 30.0. The summed E-state index contributed by atoms with van der Waals surface area (Å²) in [7, 11) is 1.73. The van der Waals surface area contributed by atoms with Crippen molar-refractivity contribution in [2.24, 2.45) is 0 Å². The van der Waals surface area contributed by atoms with Gasteiger partial charge in [-0.05, 0) is 50.5 Å². The van der Waals surface area contributed by atoms with Crippen LogP contribution in [-0.2, 0) is 11.2 Å². The number of nitrogens with zero attached hydrogens (tertiary/aromatic N) is 5. The highest BCUT2D eigenvalue weighted by Gasteiger charge is 2.21. The summed E-state index contributed by atoms with van der Waals surface area (Å²) in [5, 5.41) is 16.7. The van der Waals surface area contributed by atoms with E-state index < -0.39 is 4.92 Å². The van der Waals surface area contributed by atoms with Crippen molar-refractivity contribution in [2.45, 2.75) is 39.7 Å². The predicted molar refractivity (Wildman–Crippen MR) is 123 cm³/mol. The molecular formula is C24H25N5O3. The standard InChI is InChI=1S/C24H25N5O3/c1-15-20(17(3)28-24(25-15)21-10-5-6-11-22(21)26-28)12-13-23(30)27(4)16(2)18-8-7-9-19(14-18)29(31)32/h5-11,14,16H,12-13H2,1-4H3/t16-/m1/s1. The van der Waals surface area contributed by atoms with Gasteiger partial charge < -0.3 is 4.90 Å². The van der Waals surface area contributed by atoms with Crippen molar-refractivity contribution in [3.05, 3.63) is 81.2 Å². The van der Waals surface area contributed by atoms with Gasteiger partial charge in [0.2, 0.25) is 5.91 Å². The zero-order chi connectivity index (χ0) is 23.0. The number of fused-ring (bicyclic) bond motifs is 3. The Balaban J connectivity index is 1.54. The molecule has 0 saturated heterocycles. The molecule has 4 rings (SSSR count). The van der Waals surface area contributed by atoms with Crippen molar-refractivity contribution >= 4 is 28.1 Å². The van der Waals surface area contributed by atoms with Gasteiger partial charge in [-0.15, -0.1) is 0 Å². The molecule has 0 unspecified atom stereocenters. The molecule has 1 amide bonds. The molecule has 0 bridgehead atoms. The van der Waals surface area contributed by atoms with E-state index in [0.29, 0.717) is 12.8 Å². The molecule has 0 N–H and O–H groups in total. The van der Waals surface area contributed by atoms with Gasteiger partial charge in [0.05, 0.1) is 16.5 Å². The molecule has 2 aromatic carbocycles. The van der Waals surface area contributed by atoms with Crippen LogP contribution in [0.5, 0.6) is 0 Å². The number of amides is 1. The third-order valence-electron chi connectivity index (χ3n) is 6.14. The summed E-state index contributed by atoms with van der Waals surface area (Å²) >= 11 is 0. The number of rotatable bonds is 6. The van der Waals surface area contributed by atoms with E-state index in [1.54, 1.807) is 24.1 Å². The van der Waals surface area contributed by atoms with E-state index in [1.165, 1.54) is 12.1 Å². The van der Waals surface area contributed by atoms with E-state index in [-0.39, 0.29) is 17.6 Å². The molecule has 32 heavy (non-hydrogen) atoms. The van der Waals surface area contributed by atoms with Gasteiger partial charge in [-0.25, -0.2) is 9.50 Å². The van der Waals surface area contributed by atoms with Crippen LogP contribution in [-0.4, -0.2) is 37.4 Å². The number of carbonyl (C=O) groups is 1. The first kappa shape index (κ1) is 21.4. The molecule has 0 fully saturated rings. The summed E-state index contributed by atoms with van der Waals surface area (Å²) in [6, 6.07) is 14.0. The summed E-state index contributed by atoms with van der Waals surface area (Å²) < 4.78 is 1.85. The first-order valence-electron chi connectivity index (χ1n) is 10.5. The second-order valence-electron chi connectivity index (χ2n) is 8.05. The molecule has 8 nitrogen and oxygen atoms in total. The number of aryl methyl sites for hydroxylation is 2. The summed E-state index contributed by atoms with van der Waals surface area (Å²) in [6.07, 6.45) is 0.854. The zero-order valence-electron chi connectivity index (χ0n) is 18.6. The summed E-state index contributed by atoms with van der Waals surface area (Å²) in [6.45, 7) is 5.84. The fourth-order valence-corrected chi connectivity index (χ4v) is 4.08. The number of nitro groups is 1. The third kappa shape index (κ3) is 3.79. The van der Waals surface area contributed by atoms with Crippen LogP contribution in [0.15, 0.2) is 48.5 Å². The lowest BCUT2D eigenvalue weighted by molar-refractivity contribution is -0.384. The van der Waals surface area contributed by atoms with Gasteiger partial charge in [-0.2, -0.15) is 5.10 Å². The van der Waals surface area contributed by atoms with Crippen LogP contribution < -0.4 is 0 Å². The average Bonchev–Trinajstić information content (AvgIpc) is 3.16. The smallest absolute Gasteiger partial charge is 0.269 e. The SMILES string of the molecule is Cc1nc2c3ccccc3nn2c(C)c1CCC(=O)N(C)[C@H](C)c1cccc([N+](=O)[O-])c1. The Hall–Kier alpha value is -3.81. The first-order valence-corrected chi connectivity index (χ1v) is 10.5. The van der Waals surface area contributed by atoms with Gasteiger partial charge in [0.1, 0.15) is 0 Å². The lowest BCUT2D eigenvalue weighted by Gasteiger charge is -2.25. The fraction of sp³-hybridized carbons (Fsp3) is 0.292. The molecule has 1 atom stereocenters. The molecule has 2 aromatic heterocycles. The van der Waals surface area contributed by atoms with Crippen LogP contribution in [0.1, 0.15) is 41.9 Å². The van der Waals surface area contributed by atoms with Gasteiger partial charge in [-0.1, -0.05) is 24.3 Å². The van der Waals surface area contributed by atoms with E-state index in [0.717, 1.165) is 39.1 Å². The lowest BCUT2D eigenvalue weighted by atomic mass is 10.0. The Kier molecular flexibility index (Phi) is 5.61. The molecule has 0 aliphatic rings. The van der Waals surface area contributed by atoms with Crippen molar-refractivity contribution in [3.8, 4) is 0 Å². The molecule has 8 heteroatoms. The minimum absolute atomic E-state index is 0.0208. The van der Waals surface area contributed by atoms with Crippen molar-refractivity contribution in [1.82, 2.24) is 19.5 Å². The minimum Gasteiger partial charge on any atom is -0.339 e. The van der Waals surface area contributed by atoms with Crippen LogP contribution in [0.2, 0.25) is 0 Å². The van der Waals surface area contributed by atoms with Gasteiger partial charge in [0.25, 0.3) is 5.69 Å². The van der Waals surface area contributed by atoms with Gasteiger partial charge in [0.15, 0.2) is 5.65 Å². The molecule has 0 aliphatic carbocycles. The molecule has 164 valence electrons. The highest BCUT2D eigenvalue weighted by Crippen LogP contribution is 2.25. The van der Waals surface area contributed by atoms with E-state index in [4.69, 9.17) is 4.98 Å². The van der Waals surface area contributed by atoms with Crippen LogP contribution in [0.3, 0.4) is 0 Å². The molecule has 0 saturated carbocycles. The van der Waals surface area contributed by atoms with Crippen LogP contribution >= 0.6 is 0 Å². The minimum atomic E-state index is -0.425. The maximum absolute atomic E-state index is 12.9. The molecule has 4 aromatic rings. The van der Waals surface area contributed by atoms with Gasteiger partial charge in [0, 0.05) is 42.4 Å². The molecule has 0 radical (unpaired) electrons. The Morgan fingerprint density at radius 2 is 1.94 bits per heavy atom. The Morgan fingerprint density at radius 1 is 1.19 bits per heavy atom. The lowest BCUT2D eigenvalue weighted by Crippen LogP contribution is -2.30. The maximum Gasteiger partial charge on any atom is 0.269 e. The predicted octanol–water partition coefficient (Wildman–Crippen LogP) is 4.56. The quantitative estimate of drug-likeness (QED) is 0.330. The van der Waals surface area contributed by atoms with Crippen LogP contribution in [0.4, 0.5) is 5.69 Å². The fourth-order valence-electron chi connectivity index (χ4n) is 4.08. The Bertz CT molecular complexity index is 1340. The molecule has 2 heterocycles. The van der Waals surface area contributed by atoms with E-state index in [9.17, 15) is 14.9 Å². The van der Waals surface area contributed by atoms with Gasteiger partial charge in [-0.3, -0.25) is 14.9 Å². The van der Waals surface area contributed by atoms with Crippen molar-refractivity contribution in [1.29, 1.82) is 0 Å². The largest absolute Gasteiger partial charge is 0.339 e. The zero-order valence-corrected chi connectivity index (χ0v) is 18.6. The molecule has 0 aliphatic heterocycles. The maximum atomic E-state index is 12.9.